The predicted octanol–water partition coefficient (Wildman–Crippen LogP) is 3.40. The number of piperidine rings is 1. The van der Waals surface area contributed by atoms with Gasteiger partial charge in [-0.15, -0.1) is 0 Å². The Morgan fingerprint density at radius 2 is 2.04 bits per heavy atom. The summed E-state index contributed by atoms with van der Waals surface area (Å²) < 4.78 is 14.9. The molecule has 3 fully saturated rings. The van der Waals surface area contributed by atoms with E-state index in [2.05, 4.69) is 10.2 Å². The minimum absolute atomic E-state index is 0.0687. The molecule has 3 aliphatic rings. The number of H-pyrrole nitrogens is 1. The normalized spacial score (nSPS) is 27.5. The first kappa shape index (κ1) is 15.9. The molecule has 1 aromatic heterocycles. The maximum Gasteiger partial charge on any atom is 0.320 e. The lowest BCUT2D eigenvalue weighted by Gasteiger charge is -2.34. The second-order valence-electron chi connectivity index (χ2n) is 7.91. The van der Waals surface area contributed by atoms with E-state index in [-0.39, 0.29) is 17.3 Å². The molecular formula is C20H23FN4O. The van der Waals surface area contributed by atoms with Crippen LogP contribution >= 0.6 is 0 Å². The Bertz CT molecular complexity index is 830. The van der Waals surface area contributed by atoms with E-state index in [4.69, 9.17) is 0 Å². The van der Waals surface area contributed by atoms with Crippen molar-refractivity contribution in [2.24, 2.45) is 5.92 Å². The maximum atomic E-state index is 14.9. The summed E-state index contributed by atoms with van der Waals surface area (Å²) in [5.41, 5.74) is 2.49. The number of carbonyl (C=O) groups is 1. The Morgan fingerprint density at radius 3 is 2.73 bits per heavy atom. The number of rotatable bonds is 2. The third kappa shape index (κ3) is 2.42. The molecule has 5 rings (SSSR count). The number of nitrogens with one attached hydrogen (secondary N) is 1. The van der Waals surface area contributed by atoms with E-state index < -0.39 is 0 Å². The largest absolute Gasteiger partial charge is 0.325 e. The standard InChI is InChI=1S/C20H23FN4O/c21-18-9-14(15-11-22-23-12-15)3-4-17(18)20-5-8-25(13-16(20)10-20)19(26)24-6-1-2-7-24/h3-4,9,11-12,16H,1-2,5-8,10,13H2,(H,22,23)/t16-,20+/m0/s1. The molecular weight excluding hydrogens is 331 g/mol. The van der Waals surface area contributed by atoms with Crippen molar-refractivity contribution in [1.29, 1.82) is 0 Å². The molecule has 136 valence electrons. The summed E-state index contributed by atoms with van der Waals surface area (Å²) in [6.45, 7) is 3.26. The zero-order valence-electron chi connectivity index (χ0n) is 14.7. The lowest BCUT2D eigenvalue weighted by molar-refractivity contribution is 0.146. The van der Waals surface area contributed by atoms with Crippen LogP contribution in [-0.4, -0.2) is 52.2 Å². The van der Waals surface area contributed by atoms with Crippen LogP contribution in [0.15, 0.2) is 30.6 Å². The quantitative estimate of drug-likeness (QED) is 0.899. The molecule has 26 heavy (non-hydrogen) atoms. The molecule has 1 N–H and O–H groups in total. The van der Waals surface area contributed by atoms with Crippen LogP contribution in [0.1, 0.15) is 31.2 Å². The molecule has 2 atom stereocenters. The van der Waals surface area contributed by atoms with Crippen LogP contribution in [0.5, 0.6) is 0 Å². The average Bonchev–Trinajstić information content (AvgIpc) is 3.05. The van der Waals surface area contributed by atoms with E-state index in [1.807, 2.05) is 21.9 Å². The van der Waals surface area contributed by atoms with Gasteiger partial charge in [0.25, 0.3) is 0 Å². The summed E-state index contributed by atoms with van der Waals surface area (Å²) in [6.07, 6.45) is 7.55. The summed E-state index contributed by atoms with van der Waals surface area (Å²) in [7, 11) is 0. The zero-order chi connectivity index (χ0) is 17.7. The predicted molar refractivity (Wildman–Crippen MR) is 96.2 cm³/mol. The highest BCUT2D eigenvalue weighted by Crippen LogP contribution is 2.60. The first-order valence-corrected chi connectivity index (χ1v) is 9.50. The summed E-state index contributed by atoms with van der Waals surface area (Å²) in [5, 5.41) is 6.70. The van der Waals surface area contributed by atoms with Crippen molar-refractivity contribution in [2.75, 3.05) is 26.2 Å². The number of nitrogens with zero attached hydrogens (tertiary/aromatic N) is 3. The molecule has 2 amide bonds. The molecule has 1 aromatic carbocycles. The smallest absolute Gasteiger partial charge is 0.320 e. The highest BCUT2D eigenvalue weighted by atomic mass is 19.1. The number of fused-ring (bicyclic) bond motifs is 1. The molecule has 2 saturated heterocycles. The first-order chi connectivity index (χ1) is 12.7. The number of hydrogen-bond acceptors (Lipinski definition) is 2. The molecule has 5 nitrogen and oxygen atoms in total. The number of likely N-dealkylation sites (tertiary alicyclic amines) is 2. The number of hydrogen-bond donors (Lipinski definition) is 1. The van der Waals surface area contributed by atoms with Crippen LogP contribution in [-0.2, 0) is 5.41 Å². The van der Waals surface area contributed by atoms with Crippen molar-refractivity contribution in [3.05, 3.63) is 42.0 Å². The Kier molecular flexibility index (Phi) is 3.55. The van der Waals surface area contributed by atoms with Crippen LogP contribution in [0.4, 0.5) is 9.18 Å². The number of aromatic nitrogens is 2. The van der Waals surface area contributed by atoms with Gasteiger partial charge in [0, 0.05) is 43.4 Å². The van der Waals surface area contributed by atoms with Gasteiger partial charge in [0.15, 0.2) is 0 Å². The number of aromatic amines is 1. The van der Waals surface area contributed by atoms with Crippen LogP contribution in [0.25, 0.3) is 11.1 Å². The van der Waals surface area contributed by atoms with Gasteiger partial charge in [0.1, 0.15) is 5.82 Å². The highest BCUT2D eigenvalue weighted by molar-refractivity contribution is 5.75. The lowest BCUT2D eigenvalue weighted by atomic mass is 9.86. The molecule has 0 bridgehead atoms. The lowest BCUT2D eigenvalue weighted by Crippen LogP contribution is -2.46. The third-order valence-electron chi connectivity index (χ3n) is 6.48. The number of amides is 2. The molecule has 0 radical (unpaired) electrons. The number of carbonyl (C=O) groups excluding carboxylic acids is 1. The van der Waals surface area contributed by atoms with Gasteiger partial charge in [0.2, 0.25) is 0 Å². The topological polar surface area (TPSA) is 52.2 Å². The monoisotopic (exact) mass is 354 g/mol. The second-order valence-corrected chi connectivity index (χ2v) is 7.91. The molecule has 2 aromatic rings. The van der Waals surface area contributed by atoms with Gasteiger partial charge in [-0.1, -0.05) is 12.1 Å². The summed E-state index contributed by atoms with van der Waals surface area (Å²) in [6, 6.07) is 5.72. The number of halogens is 1. The maximum absolute atomic E-state index is 14.9. The van der Waals surface area contributed by atoms with Crippen LogP contribution in [0.2, 0.25) is 0 Å². The van der Waals surface area contributed by atoms with Crippen LogP contribution in [0, 0.1) is 11.7 Å². The summed E-state index contributed by atoms with van der Waals surface area (Å²) >= 11 is 0. The van der Waals surface area contributed by atoms with Crippen molar-refractivity contribution < 1.29 is 9.18 Å². The molecule has 6 heteroatoms. The van der Waals surface area contributed by atoms with E-state index in [9.17, 15) is 9.18 Å². The fourth-order valence-electron chi connectivity index (χ4n) is 4.87. The Hall–Kier alpha value is -2.37. The van der Waals surface area contributed by atoms with Gasteiger partial charge in [0.05, 0.1) is 6.20 Å². The SMILES string of the molecule is O=C(N1CCCC1)N1CC[C@@]2(c3ccc(-c4cn[nH]c4)cc3F)C[C@H]2C1. The molecule has 0 unspecified atom stereocenters. The minimum atomic E-state index is -0.134. The van der Waals surface area contributed by atoms with Gasteiger partial charge >= 0.3 is 6.03 Å². The molecule has 1 aliphatic carbocycles. The van der Waals surface area contributed by atoms with Crippen molar-refractivity contribution in [3.8, 4) is 11.1 Å². The van der Waals surface area contributed by atoms with E-state index >= 15 is 0 Å². The molecule has 2 aliphatic heterocycles. The highest BCUT2D eigenvalue weighted by Gasteiger charge is 2.59. The van der Waals surface area contributed by atoms with Crippen LogP contribution in [0.3, 0.4) is 0 Å². The van der Waals surface area contributed by atoms with E-state index in [1.165, 1.54) is 0 Å². The number of benzene rings is 1. The van der Waals surface area contributed by atoms with Crippen molar-refractivity contribution in [2.45, 2.75) is 31.1 Å². The summed E-state index contributed by atoms with van der Waals surface area (Å²) in [4.78, 5) is 16.6. The molecule has 0 spiro atoms. The van der Waals surface area contributed by atoms with Gasteiger partial charge in [-0.3, -0.25) is 5.10 Å². The molecule has 1 saturated carbocycles. The van der Waals surface area contributed by atoms with Crippen molar-refractivity contribution in [3.63, 3.8) is 0 Å². The minimum Gasteiger partial charge on any atom is -0.325 e. The van der Waals surface area contributed by atoms with E-state index in [0.29, 0.717) is 5.92 Å². The molecule has 3 heterocycles. The Labute approximate surface area is 152 Å². The van der Waals surface area contributed by atoms with E-state index in [1.54, 1.807) is 18.5 Å². The van der Waals surface area contributed by atoms with E-state index in [0.717, 1.165) is 68.6 Å². The van der Waals surface area contributed by atoms with Crippen LogP contribution < -0.4 is 0 Å². The van der Waals surface area contributed by atoms with Crippen molar-refractivity contribution in [1.82, 2.24) is 20.0 Å². The van der Waals surface area contributed by atoms with Gasteiger partial charge < -0.3 is 9.80 Å². The first-order valence-electron chi connectivity index (χ1n) is 9.50. The van der Waals surface area contributed by atoms with Gasteiger partial charge in [-0.05, 0) is 48.8 Å². The third-order valence-corrected chi connectivity index (χ3v) is 6.48. The fourth-order valence-corrected chi connectivity index (χ4v) is 4.87. The fraction of sp³-hybridized carbons (Fsp3) is 0.500. The zero-order valence-corrected chi connectivity index (χ0v) is 14.7. The van der Waals surface area contributed by atoms with Crippen molar-refractivity contribution >= 4 is 6.03 Å². The Balaban J connectivity index is 1.33. The van der Waals surface area contributed by atoms with Gasteiger partial charge in [-0.2, -0.15) is 5.10 Å². The Morgan fingerprint density at radius 1 is 1.19 bits per heavy atom. The van der Waals surface area contributed by atoms with Gasteiger partial charge in [-0.25, -0.2) is 9.18 Å². The second kappa shape index (κ2) is 5.83. The average molecular weight is 354 g/mol. The number of urea groups is 1. The summed E-state index contributed by atoms with van der Waals surface area (Å²) in [5.74, 6) is 0.252.